The van der Waals surface area contributed by atoms with Gasteiger partial charge in [0, 0.05) is 58.2 Å². The lowest BCUT2D eigenvalue weighted by Gasteiger charge is -2.35. The summed E-state index contributed by atoms with van der Waals surface area (Å²) in [5, 5.41) is 10.1. The summed E-state index contributed by atoms with van der Waals surface area (Å²) in [7, 11) is 0. The van der Waals surface area contributed by atoms with Gasteiger partial charge in [-0.3, -0.25) is 0 Å². The standard InChI is InChI=1S/C51H32N2OS/c1-51(2)38-27-30(21-25-42(38)53-41-16-8-4-14-36(41)47-48(53)39(51)28-37-33-12-6-10-18-45(33)55-50(37)47)29-19-22-31(23-20-29)52-40-15-7-3-13-35(40)46-43(52)26-24-34-32-11-5-9-17-44(32)54-49(34)46/h3-28H,1-2H3. The maximum Gasteiger partial charge on any atom is 0.145 e. The summed E-state index contributed by atoms with van der Waals surface area (Å²) >= 11 is 1.93. The van der Waals surface area contributed by atoms with Crippen molar-refractivity contribution < 1.29 is 4.42 Å². The Hall–Kier alpha value is -6.62. The predicted molar refractivity (Wildman–Crippen MR) is 233 cm³/mol. The summed E-state index contributed by atoms with van der Waals surface area (Å²) in [4.78, 5) is 0. The second-order valence-electron chi connectivity index (χ2n) is 15.7. The molecule has 3 nitrogen and oxygen atoms in total. The van der Waals surface area contributed by atoms with Gasteiger partial charge in [-0.2, -0.15) is 0 Å². The molecule has 0 fully saturated rings. The van der Waals surface area contributed by atoms with Gasteiger partial charge in [0.25, 0.3) is 0 Å². The molecule has 4 heteroatoms. The van der Waals surface area contributed by atoms with E-state index in [4.69, 9.17) is 4.42 Å². The average Bonchev–Trinajstić information content (AvgIpc) is 3.98. The van der Waals surface area contributed by atoms with E-state index in [-0.39, 0.29) is 5.41 Å². The molecular weight excluding hydrogens is 689 g/mol. The Morgan fingerprint density at radius 1 is 0.491 bits per heavy atom. The second kappa shape index (κ2) is 10.3. The fraction of sp³-hybridized carbons (Fsp3) is 0.0588. The Bertz CT molecular complexity index is 3630. The van der Waals surface area contributed by atoms with E-state index >= 15 is 0 Å². The summed E-state index contributed by atoms with van der Waals surface area (Å²) in [6.45, 7) is 4.83. The van der Waals surface area contributed by atoms with Crippen molar-refractivity contribution in [1.29, 1.82) is 0 Å². The Morgan fingerprint density at radius 3 is 1.98 bits per heavy atom. The maximum atomic E-state index is 6.54. The Kier molecular flexibility index (Phi) is 5.59. The molecule has 0 N–H and O–H groups in total. The molecule has 13 rings (SSSR count). The van der Waals surface area contributed by atoms with Gasteiger partial charge in [0.05, 0.1) is 33.1 Å². The van der Waals surface area contributed by atoms with E-state index in [1.54, 1.807) is 0 Å². The summed E-state index contributed by atoms with van der Waals surface area (Å²) in [5.41, 5.74) is 14.2. The van der Waals surface area contributed by atoms with Crippen LogP contribution in [0.2, 0.25) is 0 Å². The van der Waals surface area contributed by atoms with Gasteiger partial charge in [-0.05, 0) is 89.0 Å². The van der Waals surface area contributed by atoms with E-state index in [2.05, 4.69) is 175 Å². The van der Waals surface area contributed by atoms with E-state index in [0.29, 0.717) is 0 Å². The number of furan rings is 1. The van der Waals surface area contributed by atoms with Crippen molar-refractivity contribution in [2.45, 2.75) is 19.3 Å². The van der Waals surface area contributed by atoms with Crippen LogP contribution in [-0.4, -0.2) is 9.13 Å². The highest BCUT2D eigenvalue weighted by atomic mass is 32.1. The lowest BCUT2D eigenvalue weighted by Crippen LogP contribution is -2.26. The molecule has 258 valence electrons. The van der Waals surface area contributed by atoms with Crippen LogP contribution >= 0.6 is 11.3 Å². The first-order chi connectivity index (χ1) is 27.0. The topological polar surface area (TPSA) is 23.0 Å². The quantitative estimate of drug-likeness (QED) is 0.174. The molecular formula is C51H32N2OS. The number of hydrogen-bond acceptors (Lipinski definition) is 2. The molecule has 1 aliphatic heterocycles. The zero-order valence-electron chi connectivity index (χ0n) is 30.2. The van der Waals surface area contributed by atoms with E-state index in [0.717, 1.165) is 38.5 Å². The maximum absolute atomic E-state index is 6.54. The normalized spacial score (nSPS) is 13.8. The van der Waals surface area contributed by atoms with Crippen molar-refractivity contribution in [2.75, 3.05) is 0 Å². The van der Waals surface area contributed by atoms with Crippen LogP contribution in [0.15, 0.2) is 162 Å². The lowest BCUT2D eigenvalue weighted by atomic mass is 9.73. The Morgan fingerprint density at radius 2 is 1.16 bits per heavy atom. The molecule has 0 unspecified atom stereocenters. The third-order valence-electron chi connectivity index (χ3n) is 12.5. The van der Waals surface area contributed by atoms with E-state index < -0.39 is 0 Å². The molecule has 0 saturated heterocycles. The molecule has 1 aliphatic rings. The SMILES string of the molecule is CC1(C)c2cc(-c3ccc(-n4c5ccccc5c5c6oc7ccccc7c6ccc54)cc3)ccc2-n2c3ccccc3c3c4sc5ccccc5c4cc1c32. The van der Waals surface area contributed by atoms with Crippen molar-refractivity contribution in [3.05, 3.63) is 169 Å². The average molecular weight is 721 g/mol. The minimum absolute atomic E-state index is 0.212. The summed E-state index contributed by atoms with van der Waals surface area (Å²) in [5.74, 6) is 0. The summed E-state index contributed by atoms with van der Waals surface area (Å²) in [6, 6.07) is 58.1. The van der Waals surface area contributed by atoms with Crippen molar-refractivity contribution in [2.24, 2.45) is 0 Å². The molecule has 0 radical (unpaired) electrons. The van der Waals surface area contributed by atoms with Gasteiger partial charge in [-0.15, -0.1) is 11.3 Å². The zero-order chi connectivity index (χ0) is 36.2. The number of thiophene rings is 1. The van der Waals surface area contributed by atoms with E-state index in [1.807, 2.05) is 17.4 Å². The van der Waals surface area contributed by atoms with Gasteiger partial charge in [0.2, 0.25) is 0 Å². The number of aromatic nitrogens is 2. The van der Waals surface area contributed by atoms with Crippen LogP contribution in [0, 0.1) is 0 Å². The van der Waals surface area contributed by atoms with Gasteiger partial charge >= 0.3 is 0 Å². The van der Waals surface area contributed by atoms with Crippen LogP contribution in [0.3, 0.4) is 0 Å². The molecule has 0 saturated carbocycles. The highest BCUT2D eigenvalue weighted by molar-refractivity contribution is 7.26. The van der Waals surface area contributed by atoms with Gasteiger partial charge in [0.15, 0.2) is 0 Å². The first kappa shape index (κ1) is 29.8. The third-order valence-corrected chi connectivity index (χ3v) is 13.7. The fourth-order valence-corrected chi connectivity index (χ4v) is 11.2. The summed E-state index contributed by atoms with van der Waals surface area (Å²) < 4.78 is 14.2. The van der Waals surface area contributed by atoms with Crippen molar-refractivity contribution >= 4 is 97.1 Å². The molecule has 0 bridgehead atoms. The lowest BCUT2D eigenvalue weighted by molar-refractivity contribution is 0.631. The molecule has 8 aromatic carbocycles. The number of rotatable bonds is 2. The monoisotopic (exact) mass is 720 g/mol. The fourth-order valence-electron chi connectivity index (χ4n) is 9.93. The van der Waals surface area contributed by atoms with Crippen LogP contribution in [0.25, 0.3) is 108 Å². The minimum atomic E-state index is -0.212. The predicted octanol–water partition coefficient (Wildman–Crippen LogP) is 14.5. The number of fused-ring (bicyclic) bond motifs is 16. The van der Waals surface area contributed by atoms with Crippen LogP contribution in [0.5, 0.6) is 0 Å². The van der Waals surface area contributed by atoms with Crippen LogP contribution in [0.4, 0.5) is 0 Å². The third kappa shape index (κ3) is 3.75. The van der Waals surface area contributed by atoms with Crippen LogP contribution < -0.4 is 0 Å². The Balaban J connectivity index is 0.989. The Labute approximate surface area is 319 Å². The molecule has 0 atom stereocenters. The number of benzene rings is 8. The molecule has 0 aliphatic carbocycles. The molecule has 0 spiro atoms. The number of hydrogen-bond donors (Lipinski definition) is 0. The van der Waals surface area contributed by atoms with Gasteiger partial charge in [0.1, 0.15) is 11.2 Å². The van der Waals surface area contributed by atoms with Crippen molar-refractivity contribution in [3.63, 3.8) is 0 Å². The van der Waals surface area contributed by atoms with Crippen molar-refractivity contribution in [1.82, 2.24) is 9.13 Å². The zero-order valence-corrected chi connectivity index (χ0v) is 31.0. The molecule has 12 aromatic rings. The van der Waals surface area contributed by atoms with Crippen LogP contribution in [0.1, 0.15) is 25.0 Å². The van der Waals surface area contributed by atoms with Crippen LogP contribution in [-0.2, 0) is 5.41 Å². The van der Waals surface area contributed by atoms with Gasteiger partial charge < -0.3 is 13.6 Å². The second-order valence-corrected chi connectivity index (χ2v) is 16.7. The minimum Gasteiger partial charge on any atom is -0.455 e. The first-order valence-corrected chi connectivity index (χ1v) is 19.8. The number of para-hydroxylation sites is 3. The molecule has 0 amide bonds. The first-order valence-electron chi connectivity index (χ1n) is 19.0. The molecule has 4 aromatic heterocycles. The smallest absolute Gasteiger partial charge is 0.145 e. The van der Waals surface area contributed by atoms with E-state index in [1.165, 1.54) is 80.8 Å². The molecule has 5 heterocycles. The largest absolute Gasteiger partial charge is 0.455 e. The highest BCUT2D eigenvalue weighted by Crippen LogP contribution is 2.53. The molecule has 55 heavy (non-hydrogen) atoms. The van der Waals surface area contributed by atoms with Crippen molar-refractivity contribution in [3.8, 4) is 22.5 Å². The van der Waals surface area contributed by atoms with E-state index in [9.17, 15) is 0 Å². The summed E-state index contributed by atoms with van der Waals surface area (Å²) in [6.07, 6.45) is 0. The van der Waals surface area contributed by atoms with Gasteiger partial charge in [-0.1, -0.05) is 105 Å². The number of nitrogens with zero attached hydrogens (tertiary/aromatic N) is 2. The van der Waals surface area contributed by atoms with Gasteiger partial charge in [-0.25, -0.2) is 0 Å². The highest BCUT2D eigenvalue weighted by Gasteiger charge is 2.37.